The molecule has 78 valence electrons. The Hall–Kier alpha value is 0.0700. The largest absolute Gasteiger partial charge is 0.312 e. The zero-order valence-electron chi connectivity index (χ0n) is 8.75. The highest BCUT2D eigenvalue weighted by molar-refractivity contribution is 7.84. The van der Waals surface area contributed by atoms with E-state index < -0.39 is 10.8 Å². The van der Waals surface area contributed by atoms with Crippen molar-refractivity contribution < 1.29 is 4.21 Å². The van der Waals surface area contributed by atoms with Gasteiger partial charge in [-0.2, -0.15) is 0 Å². The molecule has 1 rings (SSSR count). The maximum atomic E-state index is 11.2. The highest BCUT2D eigenvalue weighted by Gasteiger charge is 2.18. The molecule has 1 heterocycles. The number of hydrogen-bond acceptors (Lipinski definition) is 3. The van der Waals surface area contributed by atoms with E-state index in [1.807, 2.05) is 0 Å². The monoisotopic (exact) mass is 204 g/mol. The zero-order valence-corrected chi connectivity index (χ0v) is 9.56. The summed E-state index contributed by atoms with van der Waals surface area (Å²) in [5.74, 6) is 0. The molecule has 0 aromatic heterocycles. The molecule has 1 N–H and O–H groups in total. The molecule has 3 atom stereocenters. The van der Waals surface area contributed by atoms with Crippen molar-refractivity contribution >= 4 is 10.8 Å². The molecule has 0 radical (unpaired) electrons. The smallest absolute Gasteiger partial charge is 0.0444 e. The van der Waals surface area contributed by atoms with Crippen LogP contribution in [-0.4, -0.2) is 52.8 Å². The van der Waals surface area contributed by atoms with Crippen molar-refractivity contribution in [3.05, 3.63) is 0 Å². The molecule has 3 nitrogen and oxygen atoms in total. The lowest BCUT2D eigenvalue weighted by atomic mass is 10.2. The Morgan fingerprint density at radius 2 is 2.38 bits per heavy atom. The highest BCUT2D eigenvalue weighted by Crippen LogP contribution is 2.02. The first kappa shape index (κ1) is 11.1. The Morgan fingerprint density at radius 3 is 2.92 bits per heavy atom. The molecule has 4 heteroatoms. The summed E-state index contributed by atoms with van der Waals surface area (Å²) in [5.41, 5.74) is 0. The van der Waals surface area contributed by atoms with Gasteiger partial charge in [0, 0.05) is 54.5 Å². The van der Waals surface area contributed by atoms with Crippen molar-refractivity contribution in [1.82, 2.24) is 10.2 Å². The third kappa shape index (κ3) is 3.75. The van der Waals surface area contributed by atoms with E-state index in [1.54, 1.807) is 6.26 Å². The van der Waals surface area contributed by atoms with Gasteiger partial charge in [0.15, 0.2) is 0 Å². The summed E-state index contributed by atoms with van der Waals surface area (Å²) < 4.78 is 11.2. The van der Waals surface area contributed by atoms with Crippen molar-refractivity contribution in [3.63, 3.8) is 0 Å². The fraction of sp³-hybridized carbons (Fsp3) is 1.00. The second kappa shape index (κ2) is 5.08. The van der Waals surface area contributed by atoms with E-state index in [0.29, 0.717) is 11.3 Å². The van der Waals surface area contributed by atoms with E-state index in [1.165, 1.54) is 0 Å². The molecule has 0 bridgehead atoms. The highest BCUT2D eigenvalue weighted by atomic mass is 32.2. The molecule has 3 unspecified atom stereocenters. The molecule has 0 saturated carbocycles. The fourth-order valence-corrected chi connectivity index (χ4v) is 2.07. The molecule has 1 aliphatic rings. The lowest BCUT2D eigenvalue weighted by Gasteiger charge is -2.33. The molecular formula is C9H20N2OS. The molecule has 1 aliphatic heterocycles. The first-order valence-electron chi connectivity index (χ1n) is 4.87. The van der Waals surface area contributed by atoms with Crippen molar-refractivity contribution in [2.24, 2.45) is 0 Å². The number of nitrogens with one attached hydrogen (secondary N) is 1. The van der Waals surface area contributed by atoms with Crippen LogP contribution in [0.15, 0.2) is 0 Å². The Balaban J connectivity index is 2.31. The van der Waals surface area contributed by atoms with Crippen LogP contribution in [0.25, 0.3) is 0 Å². The summed E-state index contributed by atoms with van der Waals surface area (Å²) in [4.78, 5) is 2.40. The Bertz CT molecular complexity index is 186. The van der Waals surface area contributed by atoms with Gasteiger partial charge in [-0.3, -0.25) is 9.11 Å². The molecule has 0 spiro atoms. The van der Waals surface area contributed by atoms with E-state index in [9.17, 15) is 4.21 Å². The van der Waals surface area contributed by atoms with Gasteiger partial charge in [0.25, 0.3) is 0 Å². The molecule has 1 saturated heterocycles. The molecule has 1 fully saturated rings. The molecule has 13 heavy (non-hydrogen) atoms. The summed E-state index contributed by atoms with van der Waals surface area (Å²) in [6.07, 6.45) is 1.79. The third-order valence-electron chi connectivity index (χ3n) is 2.53. The number of nitrogens with zero attached hydrogens (tertiary/aromatic N) is 1. The van der Waals surface area contributed by atoms with Gasteiger partial charge in [-0.15, -0.1) is 0 Å². The third-order valence-corrected chi connectivity index (χ3v) is 3.82. The SMILES string of the molecule is CC1CN(CC(C)S(C)=O)CCN1. The Kier molecular flexibility index (Phi) is 4.35. The number of rotatable bonds is 3. The minimum absolute atomic E-state index is 0.297. The topological polar surface area (TPSA) is 32.3 Å². The van der Waals surface area contributed by atoms with Crippen molar-refractivity contribution in [2.75, 3.05) is 32.4 Å². The molecule has 0 aliphatic carbocycles. The average Bonchev–Trinajstić information content (AvgIpc) is 2.04. The van der Waals surface area contributed by atoms with Crippen LogP contribution in [0, 0.1) is 0 Å². The predicted molar refractivity (Wildman–Crippen MR) is 57.4 cm³/mol. The van der Waals surface area contributed by atoms with Crippen LogP contribution >= 0.6 is 0 Å². The lowest BCUT2D eigenvalue weighted by Crippen LogP contribution is -2.51. The van der Waals surface area contributed by atoms with Crippen LogP contribution in [0.1, 0.15) is 13.8 Å². The summed E-state index contributed by atoms with van der Waals surface area (Å²) in [5, 5.41) is 3.69. The zero-order chi connectivity index (χ0) is 9.84. The molecule has 0 amide bonds. The van der Waals surface area contributed by atoms with Gasteiger partial charge < -0.3 is 5.32 Å². The number of hydrogen-bond donors (Lipinski definition) is 1. The van der Waals surface area contributed by atoms with Gasteiger partial charge in [-0.05, 0) is 13.8 Å². The van der Waals surface area contributed by atoms with Gasteiger partial charge in [0.05, 0.1) is 0 Å². The molecular weight excluding hydrogens is 184 g/mol. The minimum Gasteiger partial charge on any atom is -0.312 e. The van der Waals surface area contributed by atoms with Crippen LogP contribution < -0.4 is 5.32 Å². The van der Waals surface area contributed by atoms with E-state index in [0.717, 1.165) is 26.2 Å². The van der Waals surface area contributed by atoms with Crippen LogP contribution in [-0.2, 0) is 10.8 Å². The maximum Gasteiger partial charge on any atom is 0.0444 e. The van der Waals surface area contributed by atoms with Gasteiger partial charge in [-0.1, -0.05) is 0 Å². The van der Waals surface area contributed by atoms with Gasteiger partial charge in [-0.25, -0.2) is 0 Å². The number of piperazine rings is 1. The van der Waals surface area contributed by atoms with Gasteiger partial charge in [0.1, 0.15) is 0 Å². The Morgan fingerprint density at radius 1 is 1.69 bits per heavy atom. The summed E-state index contributed by atoms with van der Waals surface area (Å²) >= 11 is 0. The van der Waals surface area contributed by atoms with Crippen LogP contribution in [0.5, 0.6) is 0 Å². The Labute approximate surface area is 83.3 Å². The quantitative estimate of drug-likeness (QED) is 0.705. The lowest BCUT2D eigenvalue weighted by molar-refractivity contribution is 0.209. The molecule has 0 aromatic rings. The second-order valence-corrected chi connectivity index (χ2v) is 5.73. The standard InChI is InChI=1S/C9H20N2OS/c1-8-6-11(5-4-10-8)7-9(2)13(3)12/h8-10H,4-7H2,1-3H3. The predicted octanol–water partition coefficient (Wildman–Crippen LogP) is 0.0471. The second-order valence-electron chi connectivity index (χ2n) is 3.92. The maximum absolute atomic E-state index is 11.2. The van der Waals surface area contributed by atoms with Crippen molar-refractivity contribution in [2.45, 2.75) is 25.1 Å². The van der Waals surface area contributed by atoms with E-state index in [-0.39, 0.29) is 0 Å². The van der Waals surface area contributed by atoms with Crippen molar-refractivity contribution in [3.8, 4) is 0 Å². The fourth-order valence-electron chi connectivity index (χ4n) is 1.65. The average molecular weight is 204 g/mol. The van der Waals surface area contributed by atoms with Crippen LogP contribution in [0.4, 0.5) is 0 Å². The van der Waals surface area contributed by atoms with E-state index in [4.69, 9.17) is 0 Å². The van der Waals surface area contributed by atoms with E-state index in [2.05, 4.69) is 24.1 Å². The summed E-state index contributed by atoms with van der Waals surface area (Å²) in [6, 6.07) is 0.575. The first-order valence-corrected chi connectivity index (χ1v) is 6.49. The van der Waals surface area contributed by atoms with Crippen LogP contribution in [0.3, 0.4) is 0 Å². The van der Waals surface area contributed by atoms with E-state index >= 15 is 0 Å². The van der Waals surface area contributed by atoms with Crippen LogP contribution in [0.2, 0.25) is 0 Å². The van der Waals surface area contributed by atoms with Crippen molar-refractivity contribution in [1.29, 1.82) is 0 Å². The van der Waals surface area contributed by atoms with Gasteiger partial charge >= 0.3 is 0 Å². The summed E-state index contributed by atoms with van der Waals surface area (Å²) in [7, 11) is -0.685. The normalized spacial score (nSPS) is 29.9. The first-order chi connectivity index (χ1) is 6.09. The molecule has 0 aromatic carbocycles. The van der Waals surface area contributed by atoms with Gasteiger partial charge in [0.2, 0.25) is 0 Å². The summed E-state index contributed by atoms with van der Waals surface area (Å²) in [6.45, 7) is 8.45. The minimum atomic E-state index is -0.685.